The van der Waals surface area contributed by atoms with Crippen LogP contribution in [0.2, 0.25) is 0 Å². The average Bonchev–Trinajstić information content (AvgIpc) is 2.49. The third-order valence-electron chi connectivity index (χ3n) is 2.58. The Morgan fingerprint density at radius 1 is 1.31 bits per heavy atom. The van der Waals surface area contributed by atoms with Crippen molar-refractivity contribution in [3.05, 3.63) is 0 Å². The quantitative estimate of drug-likeness (QED) is 0.656. The summed E-state index contributed by atoms with van der Waals surface area (Å²) in [4.78, 5) is 0. The van der Waals surface area contributed by atoms with Gasteiger partial charge in [-0.2, -0.15) is 5.26 Å². The lowest BCUT2D eigenvalue weighted by Crippen LogP contribution is -2.29. The Labute approximate surface area is 80.9 Å². The zero-order valence-corrected chi connectivity index (χ0v) is 8.89. The highest BCUT2D eigenvalue weighted by molar-refractivity contribution is 5.02. The molecule has 0 atom stereocenters. The van der Waals surface area contributed by atoms with Crippen LogP contribution in [0, 0.1) is 16.7 Å². The summed E-state index contributed by atoms with van der Waals surface area (Å²) < 4.78 is 5.68. The van der Waals surface area contributed by atoms with Crippen molar-refractivity contribution >= 4 is 0 Å². The number of nitriles is 1. The lowest BCUT2D eigenvalue weighted by atomic mass is 9.89. The van der Waals surface area contributed by atoms with Crippen molar-refractivity contribution in [2.75, 3.05) is 6.61 Å². The van der Waals surface area contributed by atoms with Crippen molar-refractivity contribution in [2.24, 2.45) is 5.41 Å². The molecule has 13 heavy (non-hydrogen) atoms. The minimum Gasteiger partial charge on any atom is -0.374 e. The van der Waals surface area contributed by atoms with E-state index in [2.05, 4.69) is 6.07 Å². The Bertz CT molecular complexity index is 203. The molecule has 1 saturated carbocycles. The molecule has 0 aromatic carbocycles. The molecule has 0 saturated heterocycles. The molecule has 0 aromatic rings. The van der Waals surface area contributed by atoms with Gasteiger partial charge in [-0.15, -0.1) is 0 Å². The standard InChI is InChI=1S/C11H19NO/c1-10(2,3)13-9-11(8-12)6-4-5-7-11/h4-7,9H2,1-3H3. The summed E-state index contributed by atoms with van der Waals surface area (Å²) >= 11 is 0. The lowest BCUT2D eigenvalue weighted by molar-refractivity contribution is -0.0362. The predicted octanol–water partition coefficient (Wildman–Crippen LogP) is 2.89. The molecule has 0 radical (unpaired) electrons. The summed E-state index contributed by atoms with van der Waals surface area (Å²) in [6.07, 6.45) is 4.39. The van der Waals surface area contributed by atoms with E-state index in [9.17, 15) is 0 Å². The lowest BCUT2D eigenvalue weighted by Gasteiger charge is -2.26. The molecule has 1 aliphatic carbocycles. The zero-order chi connectivity index (χ0) is 9.95. The van der Waals surface area contributed by atoms with E-state index in [1.165, 1.54) is 12.8 Å². The Morgan fingerprint density at radius 2 is 1.85 bits per heavy atom. The molecule has 1 fully saturated rings. The van der Waals surface area contributed by atoms with Gasteiger partial charge in [0, 0.05) is 0 Å². The van der Waals surface area contributed by atoms with Crippen molar-refractivity contribution in [2.45, 2.75) is 52.1 Å². The molecule has 74 valence electrons. The Hall–Kier alpha value is -0.550. The third-order valence-corrected chi connectivity index (χ3v) is 2.58. The molecular weight excluding hydrogens is 162 g/mol. The van der Waals surface area contributed by atoms with Crippen molar-refractivity contribution in [3.63, 3.8) is 0 Å². The van der Waals surface area contributed by atoms with Gasteiger partial charge in [-0.3, -0.25) is 0 Å². The molecule has 2 nitrogen and oxygen atoms in total. The summed E-state index contributed by atoms with van der Waals surface area (Å²) in [5, 5.41) is 9.08. The summed E-state index contributed by atoms with van der Waals surface area (Å²) in [7, 11) is 0. The van der Waals surface area contributed by atoms with Gasteiger partial charge in [-0.1, -0.05) is 12.8 Å². The fourth-order valence-electron chi connectivity index (χ4n) is 1.69. The first-order valence-corrected chi connectivity index (χ1v) is 5.03. The summed E-state index contributed by atoms with van der Waals surface area (Å²) in [6.45, 7) is 6.71. The van der Waals surface area contributed by atoms with E-state index in [4.69, 9.17) is 10.00 Å². The fourth-order valence-corrected chi connectivity index (χ4v) is 1.69. The summed E-state index contributed by atoms with van der Waals surface area (Å²) in [6, 6.07) is 2.42. The Balaban J connectivity index is 2.46. The third kappa shape index (κ3) is 3.00. The minimum atomic E-state index is -0.173. The highest BCUT2D eigenvalue weighted by atomic mass is 16.5. The van der Waals surface area contributed by atoms with Crippen LogP contribution in [0.1, 0.15) is 46.5 Å². The molecule has 0 unspecified atom stereocenters. The number of ether oxygens (including phenoxy) is 1. The van der Waals surface area contributed by atoms with Gasteiger partial charge in [0.15, 0.2) is 0 Å². The van der Waals surface area contributed by atoms with Crippen molar-refractivity contribution in [1.29, 1.82) is 5.26 Å². The number of rotatable bonds is 2. The molecule has 2 heteroatoms. The van der Waals surface area contributed by atoms with Crippen LogP contribution in [0.5, 0.6) is 0 Å². The molecule has 0 aromatic heterocycles. The van der Waals surface area contributed by atoms with Crippen LogP contribution in [0.4, 0.5) is 0 Å². The molecule has 0 bridgehead atoms. The average molecular weight is 181 g/mol. The van der Waals surface area contributed by atoms with Gasteiger partial charge in [-0.25, -0.2) is 0 Å². The molecule has 1 aliphatic rings. The monoisotopic (exact) mass is 181 g/mol. The second-order valence-corrected chi connectivity index (χ2v) is 5.00. The molecule has 0 heterocycles. The van der Waals surface area contributed by atoms with Crippen LogP contribution in [0.25, 0.3) is 0 Å². The van der Waals surface area contributed by atoms with Crippen molar-refractivity contribution in [3.8, 4) is 6.07 Å². The first-order valence-electron chi connectivity index (χ1n) is 5.03. The van der Waals surface area contributed by atoms with E-state index in [0.29, 0.717) is 6.61 Å². The van der Waals surface area contributed by atoms with Gasteiger partial charge in [0.1, 0.15) is 0 Å². The first-order chi connectivity index (χ1) is 5.97. The number of nitrogens with zero attached hydrogens (tertiary/aromatic N) is 1. The zero-order valence-electron chi connectivity index (χ0n) is 8.89. The van der Waals surface area contributed by atoms with E-state index < -0.39 is 0 Å². The van der Waals surface area contributed by atoms with Crippen LogP contribution < -0.4 is 0 Å². The molecule has 0 N–H and O–H groups in total. The SMILES string of the molecule is CC(C)(C)OCC1(C#N)CCCC1. The molecule has 0 aliphatic heterocycles. The maximum Gasteiger partial charge on any atom is 0.0807 e. The Morgan fingerprint density at radius 3 is 2.23 bits per heavy atom. The second-order valence-electron chi connectivity index (χ2n) is 5.00. The summed E-state index contributed by atoms with van der Waals surface area (Å²) in [5.74, 6) is 0. The van der Waals surface area contributed by atoms with Gasteiger partial charge in [0.2, 0.25) is 0 Å². The van der Waals surface area contributed by atoms with Gasteiger partial charge in [-0.05, 0) is 33.6 Å². The fraction of sp³-hybridized carbons (Fsp3) is 0.909. The Kier molecular flexibility index (Phi) is 2.98. The number of hydrogen-bond acceptors (Lipinski definition) is 2. The molecule has 0 spiro atoms. The first kappa shape index (κ1) is 10.5. The largest absolute Gasteiger partial charge is 0.374 e. The van der Waals surface area contributed by atoms with Crippen LogP contribution in [-0.4, -0.2) is 12.2 Å². The van der Waals surface area contributed by atoms with Gasteiger partial charge in [0.25, 0.3) is 0 Å². The predicted molar refractivity (Wildman–Crippen MR) is 52.2 cm³/mol. The maximum absolute atomic E-state index is 9.08. The topological polar surface area (TPSA) is 33.0 Å². The van der Waals surface area contributed by atoms with E-state index in [1.54, 1.807) is 0 Å². The van der Waals surface area contributed by atoms with Crippen molar-refractivity contribution < 1.29 is 4.74 Å². The van der Waals surface area contributed by atoms with E-state index in [1.807, 2.05) is 20.8 Å². The number of hydrogen-bond donors (Lipinski definition) is 0. The highest BCUT2D eigenvalue weighted by Gasteiger charge is 2.35. The molecular formula is C11H19NO. The van der Waals surface area contributed by atoms with Crippen LogP contribution in [0.15, 0.2) is 0 Å². The van der Waals surface area contributed by atoms with Gasteiger partial charge in [0.05, 0.1) is 23.7 Å². The smallest absolute Gasteiger partial charge is 0.0807 e. The van der Waals surface area contributed by atoms with E-state index >= 15 is 0 Å². The molecule has 0 amide bonds. The molecule has 1 rings (SSSR count). The second kappa shape index (κ2) is 3.67. The van der Waals surface area contributed by atoms with Crippen LogP contribution in [-0.2, 0) is 4.74 Å². The van der Waals surface area contributed by atoms with Crippen LogP contribution in [0.3, 0.4) is 0 Å². The van der Waals surface area contributed by atoms with Crippen molar-refractivity contribution in [1.82, 2.24) is 0 Å². The minimum absolute atomic E-state index is 0.119. The van der Waals surface area contributed by atoms with Crippen LogP contribution >= 0.6 is 0 Å². The van der Waals surface area contributed by atoms with E-state index in [0.717, 1.165) is 12.8 Å². The highest BCUT2D eigenvalue weighted by Crippen LogP contribution is 2.38. The maximum atomic E-state index is 9.08. The van der Waals surface area contributed by atoms with Gasteiger partial charge >= 0.3 is 0 Å². The normalized spacial score (nSPS) is 21.4. The van der Waals surface area contributed by atoms with E-state index in [-0.39, 0.29) is 11.0 Å². The summed E-state index contributed by atoms with van der Waals surface area (Å²) in [5.41, 5.74) is -0.292. The van der Waals surface area contributed by atoms with Gasteiger partial charge < -0.3 is 4.74 Å².